The van der Waals surface area contributed by atoms with Crippen LogP contribution in [0.4, 0.5) is 10.5 Å². The van der Waals surface area contributed by atoms with Gasteiger partial charge in [-0.2, -0.15) is 8.42 Å². The Morgan fingerprint density at radius 1 is 1.32 bits per heavy atom. The summed E-state index contributed by atoms with van der Waals surface area (Å²) in [6.07, 6.45) is -1.70. The molecule has 25 heavy (non-hydrogen) atoms. The molecule has 1 fully saturated rings. The van der Waals surface area contributed by atoms with E-state index >= 15 is 0 Å². The molecule has 2 unspecified atom stereocenters. The monoisotopic (exact) mass is 372 g/mol. The molecular weight excluding hydrogens is 352 g/mol. The number of nitro benzene ring substituents is 1. The highest BCUT2D eigenvalue weighted by Crippen LogP contribution is 2.36. The summed E-state index contributed by atoms with van der Waals surface area (Å²) >= 11 is 0. The molecule has 2 atom stereocenters. The second-order valence-electron chi connectivity index (χ2n) is 6.92. The van der Waals surface area contributed by atoms with Crippen LogP contribution in [0.2, 0.25) is 0 Å². The molecule has 1 aromatic carbocycles. The second-order valence-corrected chi connectivity index (χ2v) is 8.49. The van der Waals surface area contributed by atoms with Crippen LogP contribution in [0.1, 0.15) is 27.2 Å². The molecule has 1 saturated heterocycles. The first kappa shape index (κ1) is 19.1. The second kappa shape index (κ2) is 6.60. The van der Waals surface area contributed by atoms with Gasteiger partial charge in [0.25, 0.3) is 15.8 Å². The number of nitrogens with zero attached hydrogens (tertiary/aromatic N) is 2. The molecule has 1 heterocycles. The van der Waals surface area contributed by atoms with Crippen molar-refractivity contribution in [2.45, 2.75) is 44.2 Å². The van der Waals surface area contributed by atoms with Crippen molar-refractivity contribution in [3.05, 3.63) is 34.4 Å². The lowest BCUT2D eigenvalue weighted by Crippen LogP contribution is -2.48. The molecule has 138 valence electrons. The molecule has 1 N–H and O–H groups in total. The van der Waals surface area contributed by atoms with Gasteiger partial charge in [0.2, 0.25) is 0 Å². The first-order valence-electron chi connectivity index (χ1n) is 7.61. The van der Waals surface area contributed by atoms with E-state index in [1.54, 1.807) is 0 Å². The van der Waals surface area contributed by atoms with Gasteiger partial charge in [0.1, 0.15) is 6.10 Å². The molecule has 1 amide bonds. The molecule has 9 nitrogen and oxygen atoms in total. The zero-order valence-electron chi connectivity index (χ0n) is 14.1. The Bertz CT molecular complexity index is 768. The number of non-ortho nitro benzene ring substituents is 1. The molecule has 0 saturated carbocycles. The fraction of sp³-hybridized carbons (Fsp3) is 0.533. The van der Waals surface area contributed by atoms with E-state index in [-0.39, 0.29) is 23.5 Å². The molecule has 0 radical (unpaired) electrons. The maximum Gasteiger partial charge on any atom is 0.407 e. The van der Waals surface area contributed by atoms with Crippen molar-refractivity contribution in [1.82, 2.24) is 4.90 Å². The van der Waals surface area contributed by atoms with Crippen LogP contribution in [-0.2, 0) is 14.3 Å². The summed E-state index contributed by atoms with van der Waals surface area (Å²) in [5.41, 5.74) is -0.755. The fourth-order valence-electron chi connectivity index (χ4n) is 3.06. The van der Waals surface area contributed by atoms with Gasteiger partial charge in [-0.05, 0) is 24.0 Å². The largest absolute Gasteiger partial charge is 0.465 e. The zero-order chi connectivity index (χ0) is 19.0. The van der Waals surface area contributed by atoms with Gasteiger partial charge in [0.05, 0.1) is 15.9 Å². The molecule has 0 aromatic heterocycles. The van der Waals surface area contributed by atoms with Crippen LogP contribution < -0.4 is 0 Å². The van der Waals surface area contributed by atoms with Crippen molar-refractivity contribution < 1.29 is 27.4 Å². The molecule has 0 spiro atoms. The molecule has 1 aliphatic heterocycles. The number of nitro groups is 1. The summed E-state index contributed by atoms with van der Waals surface area (Å²) in [6, 6.07) is 3.73. The van der Waals surface area contributed by atoms with Crippen LogP contribution in [0.3, 0.4) is 0 Å². The Labute approximate surface area is 145 Å². The topological polar surface area (TPSA) is 127 Å². The highest BCUT2D eigenvalue weighted by Gasteiger charge is 2.46. The average molecular weight is 372 g/mol. The lowest BCUT2D eigenvalue weighted by molar-refractivity contribution is -0.384. The van der Waals surface area contributed by atoms with E-state index in [0.29, 0.717) is 0 Å². The molecule has 2 rings (SSSR count). The van der Waals surface area contributed by atoms with Gasteiger partial charge in [-0.15, -0.1) is 0 Å². The Morgan fingerprint density at radius 2 is 1.88 bits per heavy atom. The first-order valence-corrected chi connectivity index (χ1v) is 9.01. The van der Waals surface area contributed by atoms with Crippen molar-refractivity contribution in [3.63, 3.8) is 0 Å². The van der Waals surface area contributed by atoms with Crippen molar-refractivity contribution in [2.75, 3.05) is 6.54 Å². The summed E-state index contributed by atoms with van der Waals surface area (Å²) in [5.74, 6) is 0. The molecule has 1 aliphatic rings. The summed E-state index contributed by atoms with van der Waals surface area (Å²) in [5, 5.41) is 20.0. The number of rotatable bonds is 4. The van der Waals surface area contributed by atoms with Crippen LogP contribution >= 0.6 is 0 Å². The molecule has 0 aliphatic carbocycles. The smallest absolute Gasteiger partial charge is 0.407 e. The summed E-state index contributed by atoms with van der Waals surface area (Å²) < 4.78 is 30.2. The van der Waals surface area contributed by atoms with Crippen LogP contribution in [0.25, 0.3) is 0 Å². The highest BCUT2D eigenvalue weighted by molar-refractivity contribution is 7.86. The Kier molecular flexibility index (Phi) is 5.05. The molecular formula is C15H20N2O7S. The maximum absolute atomic E-state index is 12.5. The molecule has 1 aromatic rings. The minimum atomic E-state index is -4.17. The number of benzene rings is 1. The van der Waals surface area contributed by atoms with Crippen LogP contribution in [-0.4, -0.2) is 48.1 Å². The van der Waals surface area contributed by atoms with Crippen molar-refractivity contribution in [2.24, 2.45) is 5.41 Å². The fourth-order valence-corrected chi connectivity index (χ4v) is 4.16. The predicted octanol–water partition coefficient (Wildman–Crippen LogP) is 2.47. The Morgan fingerprint density at radius 3 is 2.32 bits per heavy atom. The van der Waals surface area contributed by atoms with E-state index in [2.05, 4.69) is 0 Å². The van der Waals surface area contributed by atoms with Crippen LogP contribution in [0, 0.1) is 15.5 Å². The quantitative estimate of drug-likeness (QED) is 0.488. The molecule has 0 bridgehead atoms. The number of hydrogen-bond acceptors (Lipinski definition) is 6. The van der Waals surface area contributed by atoms with Gasteiger partial charge in [-0.1, -0.05) is 20.8 Å². The van der Waals surface area contributed by atoms with E-state index in [0.717, 1.165) is 24.3 Å². The SMILES string of the molecule is CC(C)(C)C1C(OS(=O)(=O)c2ccc([N+](=O)[O-])cc2)CCN1C(=O)O. The third-order valence-corrected chi connectivity index (χ3v) is 5.41. The third kappa shape index (κ3) is 4.07. The predicted molar refractivity (Wildman–Crippen MR) is 87.7 cm³/mol. The van der Waals surface area contributed by atoms with Gasteiger partial charge < -0.3 is 10.0 Å². The van der Waals surface area contributed by atoms with Crippen LogP contribution in [0.15, 0.2) is 29.2 Å². The normalized spacial score (nSPS) is 21.3. The zero-order valence-corrected chi connectivity index (χ0v) is 14.9. The third-order valence-electron chi connectivity index (χ3n) is 4.06. The summed E-state index contributed by atoms with van der Waals surface area (Å²) in [7, 11) is -4.17. The van der Waals surface area contributed by atoms with E-state index in [9.17, 15) is 28.4 Å². The van der Waals surface area contributed by atoms with E-state index in [1.165, 1.54) is 4.90 Å². The number of likely N-dealkylation sites (tertiary alicyclic amines) is 1. The number of carboxylic acid groups (broad SMARTS) is 1. The van der Waals surface area contributed by atoms with E-state index in [1.807, 2.05) is 20.8 Å². The Hall–Kier alpha value is -2.20. The summed E-state index contributed by atoms with van der Waals surface area (Å²) in [4.78, 5) is 22.4. The van der Waals surface area contributed by atoms with Crippen molar-refractivity contribution in [1.29, 1.82) is 0 Å². The van der Waals surface area contributed by atoms with Crippen molar-refractivity contribution >= 4 is 21.9 Å². The lowest BCUT2D eigenvalue weighted by atomic mass is 9.84. The average Bonchev–Trinajstić information content (AvgIpc) is 2.90. The van der Waals surface area contributed by atoms with Gasteiger partial charge in [0, 0.05) is 18.7 Å². The van der Waals surface area contributed by atoms with Gasteiger partial charge >= 0.3 is 6.09 Å². The van der Waals surface area contributed by atoms with E-state index < -0.39 is 38.7 Å². The van der Waals surface area contributed by atoms with E-state index in [4.69, 9.17) is 4.18 Å². The van der Waals surface area contributed by atoms with Gasteiger partial charge in [-0.3, -0.25) is 14.3 Å². The minimum absolute atomic E-state index is 0.178. The number of hydrogen-bond donors (Lipinski definition) is 1. The van der Waals surface area contributed by atoms with Gasteiger partial charge in [0.15, 0.2) is 0 Å². The van der Waals surface area contributed by atoms with Crippen molar-refractivity contribution in [3.8, 4) is 0 Å². The standard InChI is InChI=1S/C15H20N2O7S/c1-15(2,3)13-12(8-9-16(13)14(18)19)24-25(22,23)11-6-4-10(5-7-11)17(20)21/h4-7,12-13H,8-9H2,1-3H3,(H,18,19). The van der Waals surface area contributed by atoms with Gasteiger partial charge in [-0.25, -0.2) is 4.79 Å². The Balaban J connectivity index is 2.27. The van der Waals surface area contributed by atoms with Crippen LogP contribution in [0.5, 0.6) is 0 Å². The first-order chi connectivity index (χ1) is 11.4. The minimum Gasteiger partial charge on any atom is -0.465 e. The highest BCUT2D eigenvalue weighted by atomic mass is 32.2. The maximum atomic E-state index is 12.5. The number of carbonyl (C=O) groups is 1. The molecule has 10 heteroatoms. The lowest BCUT2D eigenvalue weighted by Gasteiger charge is -2.36. The summed E-state index contributed by atoms with van der Waals surface area (Å²) in [6.45, 7) is 5.62. The number of amides is 1.